The Morgan fingerprint density at radius 1 is 1.07 bits per heavy atom. The summed E-state index contributed by atoms with van der Waals surface area (Å²) < 4.78 is 5.27. The number of ether oxygens (including phenoxy) is 1. The molecule has 0 aliphatic heterocycles. The molecule has 3 aromatic rings. The van der Waals surface area contributed by atoms with Gasteiger partial charge in [-0.3, -0.25) is 9.69 Å². The summed E-state index contributed by atoms with van der Waals surface area (Å²) in [6, 6.07) is 21.3. The summed E-state index contributed by atoms with van der Waals surface area (Å²) in [5.74, 6) is 0.479. The van der Waals surface area contributed by atoms with Crippen LogP contribution in [0.15, 0.2) is 66.7 Å². The highest BCUT2D eigenvalue weighted by molar-refractivity contribution is 5.93. The van der Waals surface area contributed by atoms with E-state index in [-0.39, 0.29) is 12.5 Å². The fraction of sp³-hybridized carbons (Fsp3) is 0.261. The first-order valence-electron chi connectivity index (χ1n) is 9.42. The molecule has 0 aliphatic rings. The lowest BCUT2D eigenvalue weighted by atomic mass is 10.0. The Morgan fingerprint density at radius 3 is 2.54 bits per heavy atom. The van der Waals surface area contributed by atoms with Crippen LogP contribution in [-0.2, 0) is 4.79 Å². The molecule has 1 amide bonds. The number of rotatable bonds is 8. The minimum absolute atomic E-state index is 0.142. The number of benzene rings is 3. The van der Waals surface area contributed by atoms with Crippen LogP contribution < -0.4 is 10.1 Å². The van der Waals surface area contributed by atoms with Crippen LogP contribution in [0.5, 0.6) is 5.75 Å². The second kappa shape index (κ2) is 9.35. The lowest BCUT2D eigenvalue weighted by Crippen LogP contribution is -2.36. The quantitative estimate of drug-likeness (QED) is 0.625. The van der Waals surface area contributed by atoms with E-state index in [2.05, 4.69) is 5.32 Å². The summed E-state index contributed by atoms with van der Waals surface area (Å²) in [5.41, 5.74) is 1.49. The molecule has 3 rings (SSSR count). The first kappa shape index (κ1) is 19.9. The minimum atomic E-state index is -0.663. The molecule has 0 bridgehead atoms. The minimum Gasteiger partial charge on any atom is -0.495 e. The molecule has 0 spiro atoms. The molecule has 1 unspecified atom stereocenters. The van der Waals surface area contributed by atoms with Crippen molar-refractivity contribution in [1.29, 1.82) is 0 Å². The molecule has 0 saturated carbocycles. The van der Waals surface area contributed by atoms with Gasteiger partial charge in [0.2, 0.25) is 5.91 Å². The van der Waals surface area contributed by atoms with Crippen molar-refractivity contribution in [2.75, 3.05) is 32.1 Å². The van der Waals surface area contributed by atoms with Crippen molar-refractivity contribution in [3.8, 4) is 5.75 Å². The Labute approximate surface area is 165 Å². The van der Waals surface area contributed by atoms with E-state index in [9.17, 15) is 9.90 Å². The van der Waals surface area contributed by atoms with Crippen molar-refractivity contribution in [3.63, 3.8) is 0 Å². The number of hydrogen-bond donors (Lipinski definition) is 2. The van der Waals surface area contributed by atoms with Gasteiger partial charge in [0.25, 0.3) is 0 Å². The SMILES string of the molecule is CCN(CC(=O)Nc1ccccc1OC)CC(O)c1ccc2ccccc2c1. The number of aliphatic hydroxyl groups excluding tert-OH is 1. The lowest BCUT2D eigenvalue weighted by Gasteiger charge is -2.23. The Kier molecular flexibility index (Phi) is 6.63. The van der Waals surface area contributed by atoms with Gasteiger partial charge in [0.05, 0.1) is 25.4 Å². The number of methoxy groups -OCH3 is 1. The maximum Gasteiger partial charge on any atom is 0.238 e. The normalized spacial score (nSPS) is 12.1. The van der Waals surface area contributed by atoms with Gasteiger partial charge >= 0.3 is 0 Å². The van der Waals surface area contributed by atoms with Crippen molar-refractivity contribution in [2.45, 2.75) is 13.0 Å². The van der Waals surface area contributed by atoms with E-state index in [1.807, 2.05) is 66.4 Å². The number of nitrogens with zero attached hydrogens (tertiary/aromatic N) is 1. The molecule has 28 heavy (non-hydrogen) atoms. The fourth-order valence-electron chi connectivity index (χ4n) is 3.21. The van der Waals surface area contributed by atoms with Crippen molar-refractivity contribution in [2.24, 2.45) is 0 Å². The molecule has 2 N–H and O–H groups in total. The molecule has 0 saturated heterocycles. The Balaban J connectivity index is 1.63. The number of fused-ring (bicyclic) bond motifs is 1. The third kappa shape index (κ3) is 4.88. The van der Waals surface area contributed by atoms with Crippen LogP contribution in [0.1, 0.15) is 18.6 Å². The van der Waals surface area contributed by atoms with Gasteiger partial charge in [0, 0.05) is 6.54 Å². The summed E-state index contributed by atoms with van der Waals surface area (Å²) in [6.07, 6.45) is -0.663. The van der Waals surface area contributed by atoms with Crippen LogP contribution in [0.25, 0.3) is 10.8 Å². The molecular weight excluding hydrogens is 352 g/mol. The van der Waals surface area contributed by atoms with E-state index < -0.39 is 6.10 Å². The number of carbonyl (C=O) groups excluding carboxylic acids is 1. The molecule has 0 aromatic heterocycles. The summed E-state index contributed by atoms with van der Waals surface area (Å²) in [4.78, 5) is 14.4. The highest BCUT2D eigenvalue weighted by Crippen LogP contribution is 2.23. The predicted molar refractivity (Wildman–Crippen MR) is 113 cm³/mol. The highest BCUT2D eigenvalue weighted by Gasteiger charge is 2.16. The molecule has 1 atom stereocenters. The van der Waals surface area contributed by atoms with Crippen LogP contribution in [0, 0.1) is 0 Å². The van der Waals surface area contributed by atoms with Crippen molar-refractivity contribution < 1.29 is 14.6 Å². The lowest BCUT2D eigenvalue weighted by molar-refractivity contribution is -0.117. The Bertz CT molecular complexity index is 942. The van der Waals surface area contributed by atoms with E-state index in [1.54, 1.807) is 19.2 Å². The monoisotopic (exact) mass is 378 g/mol. The fourth-order valence-corrected chi connectivity index (χ4v) is 3.21. The molecule has 0 aliphatic carbocycles. The van der Waals surface area contributed by atoms with E-state index in [1.165, 1.54) is 0 Å². The maximum atomic E-state index is 12.5. The van der Waals surface area contributed by atoms with Crippen molar-refractivity contribution in [3.05, 3.63) is 72.3 Å². The van der Waals surface area contributed by atoms with Gasteiger partial charge < -0.3 is 15.2 Å². The average molecular weight is 378 g/mol. The first-order valence-corrected chi connectivity index (χ1v) is 9.42. The topological polar surface area (TPSA) is 61.8 Å². The van der Waals surface area contributed by atoms with Gasteiger partial charge in [-0.2, -0.15) is 0 Å². The molecule has 0 radical (unpaired) electrons. The molecule has 146 valence electrons. The Morgan fingerprint density at radius 2 is 1.79 bits per heavy atom. The number of para-hydroxylation sites is 2. The summed E-state index contributed by atoms with van der Waals surface area (Å²) >= 11 is 0. The first-order chi connectivity index (χ1) is 13.6. The van der Waals surface area contributed by atoms with Gasteiger partial charge in [-0.25, -0.2) is 0 Å². The average Bonchev–Trinajstić information content (AvgIpc) is 2.73. The summed E-state index contributed by atoms with van der Waals surface area (Å²) in [5, 5.41) is 15.8. The summed E-state index contributed by atoms with van der Waals surface area (Å²) in [6.45, 7) is 3.21. The molecule has 5 nitrogen and oxygen atoms in total. The predicted octanol–water partition coefficient (Wildman–Crippen LogP) is 3.84. The standard InChI is InChI=1S/C23H26N2O3/c1-3-25(16-23(27)24-20-10-6-7-11-22(20)28-2)15-21(26)19-13-12-17-8-4-5-9-18(17)14-19/h4-14,21,26H,3,15-16H2,1-2H3,(H,24,27). The van der Waals surface area contributed by atoms with Crippen molar-refractivity contribution in [1.82, 2.24) is 4.90 Å². The largest absolute Gasteiger partial charge is 0.495 e. The zero-order valence-electron chi connectivity index (χ0n) is 16.3. The molecule has 5 heteroatoms. The number of nitrogens with one attached hydrogen (secondary N) is 1. The molecule has 0 fully saturated rings. The third-order valence-corrected chi connectivity index (χ3v) is 4.78. The number of likely N-dealkylation sites (N-methyl/N-ethyl adjacent to an activating group) is 1. The zero-order chi connectivity index (χ0) is 19.9. The van der Waals surface area contributed by atoms with Crippen LogP contribution in [0.2, 0.25) is 0 Å². The van der Waals surface area contributed by atoms with Crippen molar-refractivity contribution >= 4 is 22.4 Å². The number of amides is 1. The molecular formula is C23H26N2O3. The Hall–Kier alpha value is -2.89. The van der Waals surface area contributed by atoms with Crippen LogP contribution in [0.3, 0.4) is 0 Å². The van der Waals surface area contributed by atoms with Gasteiger partial charge in [0.1, 0.15) is 5.75 Å². The van der Waals surface area contributed by atoms with E-state index in [0.29, 0.717) is 24.5 Å². The third-order valence-electron chi connectivity index (χ3n) is 4.78. The number of hydrogen-bond acceptors (Lipinski definition) is 4. The smallest absolute Gasteiger partial charge is 0.238 e. The number of carbonyl (C=O) groups is 1. The number of aliphatic hydroxyl groups is 1. The van der Waals surface area contributed by atoms with E-state index in [0.717, 1.165) is 16.3 Å². The van der Waals surface area contributed by atoms with Gasteiger partial charge in [-0.15, -0.1) is 0 Å². The van der Waals surface area contributed by atoms with Crippen LogP contribution in [-0.4, -0.2) is 42.7 Å². The summed E-state index contributed by atoms with van der Waals surface area (Å²) in [7, 11) is 1.57. The second-order valence-electron chi connectivity index (χ2n) is 6.70. The van der Waals surface area contributed by atoms with Gasteiger partial charge in [0.15, 0.2) is 0 Å². The maximum absolute atomic E-state index is 12.5. The van der Waals surface area contributed by atoms with Crippen LogP contribution >= 0.6 is 0 Å². The molecule has 0 heterocycles. The van der Waals surface area contributed by atoms with Gasteiger partial charge in [-0.05, 0) is 41.1 Å². The number of anilines is 1. The van der Waals surface area contributed by atoms with E-state index >= 15 is 0 Å². The zero-order valence-corrected chi connectivity index (χ0v) is 16.3. The van der Waals surface area contributed by atoms with Crippen LogP contribution in [0.4, 0.5) is 5.69 Å². The van der Waals surface area contributed by atoms with Gasteiger partial charge in [-0.1, -0.05) is 55.5 Å². The highest BCUT2D eigenvalue weighted by atomic mass is 16.5. The van der Waals surface area contributed by atoms with E-state index in [4.69, 9.17) is 4.74 Å². The second-order valence-corrected chi connectivity index (χ2v) is 6.70. The molecule has 3 aromatic carbocycles.